The smallest absolute Gasteiger partial charge is 0.259 e. The van der Waals surface area contributed by atoms with E-state index in [-0.39, 0.29) is 22.6 Å². The Morgan fingerprint density at radius 1 is 1.30 bits per heavy atom. The van der Waals surface area contributed by atoms with Crippen LogP contribution in [0, 0.1) is 17.1 Å². The lowest BCUT2D eigenvalue weighted by Gasteiger charge is -2.09. The standard InChI is InChI=1S/C14H8BrFN2O2/c15-9-2-1-8(7-17)12(5-9)18-14(20)11-6-10(16)3-4-13(11)19/h1-6,19H,(H,18,20). The molecule has 0 fully saturated rings. The van der Waals surface area contributed by atoms with Gasteiger partial charge in [-0.2, -0.15) is 5.26 Å². The van der Waals surface area contributed by atoms with E-state index in [1.807, 2.05) is 6.07 Å². The van der Waals surface area contributed by atoms with Gasteiger partial charge in [0.2, 0.25) is 0 Å². The number of carbonyl (C=O) groups is 1. The molecule has 0 aliphatic heterocycles. The topological polar surface area (TPSA) is 73.1 Å². The highest BCUT2D eigenvalue weighted by molar-refractivity contribution is 9.10. The second-order valence-corrected chi connectivity index (χ2v) is 4.83. The number of nitrogens with one attached hydrogen (secondary N) is 1. The quantitative estimate of drug-likeness (QED) is 0.883. The fourth-order valence-corrected chi connectivity index (χ4v) is 1.96. The molecule has 0 bridgehead atoms. The molecule has 2 aromatic carbocycles. The number of carbonyl (C=O) groups excluding carboxylic acids is 1. The van der Waals surface area contributed by atoms with Crippen LogP contribution in [0.5, 0.6) is 5.75 Å². The van der Waals surface area contributed by atoms with Crippen LogP contribution >= 0.6 is 15.9 Å². The third-order valence-corrected chi connectivity index (χ3v) is 3.05. The third kappa shape index (κ3) is 2.95. The van der Waals surface area contributed by atoms with Crippen LogP contribution in [-0.2, 0) is 0 Å². The average Bonchev–Trinajstić information content (AvgIpc) is 2.41. The maximum Gasteiger partial charge on any atom is 0.259 e. The predicted octanol–water partition coefficient (Wildman–Crippen LogP) is 3.42. The van der Waals surface area contributed by atoms with E-state index in [0.29, 0.717) is 4.47 Å². The number of halogens is 2. The molecule has 0 aromatic heterocycles. The van der Waals surface area contributed by atoms with Crippen molar-refractivity contribution >= 4 is 27.5 Å². The number of phenolic OH excluding ortho intramolecular Hbond substituents is 1. The fourth-order valence-electron chi connectivity index (χ4n) is 1.60. The summed E-state index contributed by atoms with van der Waals surface area (Å²) in [6.45, 7) is 0. The molecule has 0 spiro atoms. The van der Waals surface area contributed by atoms with Crippen molar-refractivity contribution in [1.29, 1.82) is 5.26 Å². The molecule has 0 aliphatic rings. The number of benzene rings is 2. The number of hydrogen-bond acceptors (Lipinski definition) is 3. The molecule has 0 saturated carbocycles. The van der Waals surface area contributed by atoms with Crippen LogP contribution in [0.25, 0.3) is 0 Å². The first-order valence-corrected chi connectivity index (χ1v) is 6.30. The van der Waals surface area contributed by atoms with E-state index in [1.54, 1.807) is 12.1 Å². The van der Waals surface area contributed by atoms with Crippen LogP contribution in [0.15, 0.2) is 40.9 Å². The maximum atomic E-state index is 13.1. The highest BCUT2D eigenvalue weighted by Gasteiger charge is 2.14. The van der Waals surface area contributed by atoms with Gasteiger partial charge in [-0.25, -0.2) is 4.39 Å². The summed E-state index contributed by atoms with van der Waals surface area (Å²) in [5.41, 5.74) is 0.335. The predicted molar refractivity (Wildman–Crippen MR) is 74.9 cm³/mol. The zero-order chi connectivity index (χ0) is 14.7. The fraction of sp³-hybridized carbons (Fsp3) is 0. The summed E-state index contributed by atoms with van der Waals surface area (Å²) >= 11 is 3.23. The number of hydrogen-bond donors (Lipinski definition) is 2. The van der Waals surface area contributed by atoms with Crippen LogP contribution in [0.1, 0.15) is 15.9 Å². The summed E-state index contributed by atoms with van der Waals surface area (Å²) in [5, 5.41) is 21.0. The van der Waals surface area contributed by atoms with Crippen molar-refractivity contribution in [3.8, 4) is 11.8 Å². The minimum Gasteiger partial charge on any atom is -0.507 e. The Balaban J connectivity index is 2.35. The first-order chi connectivity index (χ1) is 9.51. The molecule has 0 atom stereocenters. The van der Waals surface area contributed by atoms with Crippen molar-refractivity contribution in [2.24, 2.45) is 0 Å². The Labute approximate surface area is 122 Å². The van der Waals surface area contributed by atoms with E-state index in [0.717, 1.165) is 18.2 Å². The highest BCUT2D eigenvalue weighted by Crippen LogP contribution is 2.24. The summed E-state index contributed by atoms with van der Waals surface area (Å²) in [5.74, 6) is -1.67. The molecule has 2 N–H and O–H groups in total. The molecule has 0 unspecified atom stereocenters. The van der Waals surface area contributed by atoms with Gasteiger partial charge in [-0.3, -0.25) is 4.79 Å². The first kappa shape index (κ1) is 14.0. The van der Waals surface area contributed by atoms with Gasteiger partial charge < -0.3 is 10.4 Å². The molecule has 0 aliphatic carbocycles. The van der Waals surface area contributed by atoms with E-state index in [9.17, 15) is 14.3 Å². The molecule has 2 aromatic rings. The van der Waals surface area contributed by atoms with Crippen molar-refractivity contribution < 1.29 is 14.3 Å². The van der Waals surface area contributed by atoms with E-state index >= 15 is 0 Å². The Morgan fingerprint density at radius 3 is 2.75 bits per heavy atom. The van der Waals surface area contributed by atoms with E-state index in [4.69, 9.17) is 5.26 Å². The molecule has 4 nitrogen and oxygen atoms in total. The van der Waals surface area contributed by atoms with Crippen LogP contribution in [0.3, 0.4) is 0 Å². The zero-order valence-electron chi connectivity index (χ0n) is 10.0. The molecule has 2 rings (SSSR count). The van der Waals surface area contributed by atoms with E-state index < -0.39 is 11.7 Å². The number of anilines is 1. The lowest BCUT2D eigenvalue weighted by atomic mass is 10.1. The van der Waals surface area contributed by atoms with Gasteiger partial charge in [0.05, 0.1) is 16.8 Å². The van der Waals surface area contributed by atoms with Crippen LogP contribution in [0.2, 0.25) is 0 Å². The Hall–Kier alpha value is -2.39. The summed E-state index contributed by atoms with van der Waals surface area (Å²) in [7, 11) is 0. The molecule has 0 heterocycles. The van der Waals surface area contributed by atoms with Crippen molar-refractivity contribution in [3.63, 3.8) is 0 Å². The SMILES string of the molecule is N#Cc1ccc(Br)cc1NC(=O)c1cc(F)ccc1O. The summed E-state index contributed by atoms with van der Waals surface area (Å²) in [4.78, 5) is 12.0. The van der Waals surface area contributed by atoms with Gasteiger partial charge in [0.1, 0.15) is 17.6 Å². The molecule has 100 valence electrons. The van der Waals surface area contributed by atoms with Gasteiger partial charge in [0.25, 0.3) is 5.91 Å². The Kier molecular flexibility index (Phi) is 4.01. The largest absolute Gasteiger partial charge is 0.507 e. The second-order valence-electron chi connectivity index (χ2n) is 3.92. The molecular formula is C14H8BrFN2O2. The number of rotatable bonds is 2. The van der Waals surface area contributed by atoms with Gasteiger partial charge in [0.15, 0.2) is 0 Å². The van der Waals surface area contributed by atoms with Gasteiger partial charge in [0, 0.05) is 4.47 Å². The zero-order valence-corrected chi connectivity index (χ0v) is 11.6. The number of nitriles is 1. The summed E-state index contributed by atoms with van der Waals surface area (Å²) < 4.78 is 13.8. The monoisotopic (exact) mass is 334 g/mol. The molecular weight excluding hydrogens is 327 g/mol. The van der Waals surface area contributed by atoms with Crippen LogP contribution in [-0.4, -0.2) is 11.0 Å². The number of phenols is 1. The summed E-state index contributed by atoms with van der Waals surface area (Å²) in [6, 6.07) is 9.74. The van der Waals surface area contributed by atoms with E-state index in [1.165, 1.54) is 6.07 Å². The number of aromatic hydroxyl groups is 1. The average molecular weight is 335 g/mol. The number of nitrogens with zero attached hydrogens (tertiary/aromatic N) is 1. The lowest BCUT2D eigenvalue weighted by molar-refractivity contribution is 0.102. The van der Waals surface area contributed by atoms with Gasteiger partial charge in [-0.1, -0.05) is 15.9 Å². The van der Waals surface area contributed by atoms with Gasteiger partial charge in [-0.15, -0.1) is 0 Å². The minimum atomic E-state index is -0.698. The normalized spacial score (nSPS) is 9.85. The third-order valence-electron chi connectivity index (χ3n) is 2.55. The minimum absolute atomic E-state index is 0.200. The van der Waals surface area contributed by atoms with Crippen molar-refractivity contribution in [2.75, 3.05) is 5.32 Å². The van der Waals surface area contributed by atoms with Gasteiger partial charge >= 0.3 is 0 Å². The van der Waals surface area contributed by atoms with E-state index in [2.05, 4.69) is 21.2 Å². The second kappa shape index (κ2) is 5.72. The highest BCUT2D eigenvalue weighted by atomic mass is 79.9. The molecule has 1 amide bonds. The van der Waals surface area contributed by atoms with Crippen molar-refractivity contribution in [2.45, 2.75) is 0 Å². The molecule has 0 radical (unpaired) electrons. The molecule has 20 heavy (non-hydrogen) atoms. The first-order valence-electron chi connectivity index (χ1n) is 5.51. The van der Waals surface area contributed by atoms with Crippen molar-refractivity contribution in [3.05, 3.63) is 57.8 Å². The Morgan fingerprint density at radius 2 is 2.05 bits per heavy atom. The van der Waals surface area contributed by atoms with Gasteiger partial charge in [-0.05, 0) is 36.4 Å². The summed E-state index contributed by atoms with van der Waals surface area (Å²) in [6.07, 6.45) is 0. The number of amides is 1. The Bertz CT molecular complexity index is 726. The van der Waals surface area contributed by atoms with Crippen molar-refractivity contribution in [1.82, 2.24) is 0 Å². The van der Waals surface area contributed by atoms with Crippen LogP contribution < -0.4 is 5.32 Å². The van der Waals surface area contributed by atoms with Crippen LogP contribution in [0.4, 0.5) is 10.1 Å². The maximum absolute atomic E-state index is 13.1. The molecule has 6 heteroatoms. The molecule has 0 saturated heterocycles. The lowest BCUT2D eigenvalue weighted by Crippen LogP contribution is -2.13.